The van der Waals surface area contributed by atoms with Crippen LogP contribution in [0.25, 0.3) is 0 Å². The van der Waals surface area contributed by atoms with E-state index in [-0.39, 0.29) is 10.8 Å². The molecule has 32 heavy (non-hydrogen) atoms. The SMILES string of the molecule is Cc1ccc(S(=O)(=O)N2CCC[C@@H]2C(=O)N2CCOCCOCCOCCOCC2)cc1. The van der Waals surface area contributed by atoms with Crippen LogP contribution >= 0.6 is 0 Å². The van der Waals surface area contributed by atoms with Crippen molar-refractivity contribution >= 4 is 15.9 Å². The molecule has 9 nitrogen and oxygen atoms in total. The standard InChI is InChI=1S/C22H34N2O7S/c1-19-4-6-20(7-5-19)32(26,27)24-8-2-3-21(24)22(25)23-9-11-28-13-15-30-17-18-31-16-14-29-12-10-23/h4-7,21H,2-3,8-18H2,1H3/t21-/m1/s1. The Bertz CT molecular complexity index is 800. The van der Waals surface area contributed by atoms with Gasteiger partial charge in [-0.1, -0.05) is 17.7 Å². The number of hydrogen-bond acceptors (Lipinski definition) is 7. The third-order valence-corrected chi connectivity index (χ3v) is 7.48. The first kappa shape index (κ1) is 25.1. The van der Waals surface area contributed by atoms with Gasteiger partial charge in [0.05, 0.1) is 57.8 Å². The highest BCUT2D eigenvalue weighted by atomic mass is 32.2. The van der Waals surface area contributed by atoms with E-state index in [1.807, 2.05) is 6.92 Å². The summed E-state index contributed by atoms with van der Waals surface area (Å²) in [4.78, 5) is 15.3. The van der Waals surface area contributed by atoms with Gasteiger partial charge in [0.15, 0.2) is 0 Å². The monoisotopic (exact) mass is 470 g/mol. The molecule has 1 aromatic carbocycles. The third-order valence-electron chi connectivity index (χ3n) is 5.56. The Balaban J connectivity index is 1.67. The molecule has 1 atom stereocenters. The van der Waals surface area contributed by atoms with E-state index in [9.17, 15) is 13.2 Å². The van der Waals surface area contributed by atoms with E-state index >= 15 is 0 Å². The minimum Gasteiger partial charge on any atom is -0.377 e. The number of carbonyl (C=O) groups excluding carboxylic acids is 1. The van der Waals surface area contributed by atoms with Crippen LogP contribution in [-0.4, -0.2) is 102 Å². The van der Waals surface area contributed by atoms with Crippen molar-refractivity contribution in [3.63, 3.8) is 0 Å². The number of carbonyl (C=O) groups is 1. The van der Waals surface area contributed by atoms with E-state index in [1.54, 1.807) is 29.2 Å². The zero-order chi connectivity index (χ0) is 22.8. The number of sulfonamides is 1. The molecule has 2 heterocycles. The summed E-state index contributed by atoms with van der Waals surface area (Å²) in [6, 6.07) is 6.02. The van der Waals surface area contributed by atoms with Crippen molar-refractivity contribution in [2.75, 3.05) is 72.5 Å². The molecule has 0 unspecified atom stereocenters. The van der Waals surface area contributed by atoms with E-state index in [2.05, 4.69) is 0 Å². The Kier molecular flexibility index (Phi) is 9.89. The number of nitrogens with zero attached hydrogens (tertiary/aromatic N) is 2. The highest BCUT2D eigenvalue weighted by Gasteiger charge is 2.41. The van der Waals surface area contributed by atoms with Crippen LogP contribution in [0.1, 0.15) is 18.4 Å². The lowest BCUT2D eigenvalue weighted by atomic mass is 10.2. The number of ether oxygens (including phenoxy) is 4. The summed E-state index contributed by atoms with van der Waals surface area (Å²) >= 11 is 0. The lowest BCUT2D eigenvalue weighted by molar-refractivity contribution is -0.136. The Morgan fingerprint density at radius 1 is 0.812 bits per heavy atom. The van der Waals surface area contributed by atoms with Gasteiger partial charge in [0, 0.05) is 19.6 Å². The van der Waals surface area contributed by atoms with Crippen LogP contribution in [0.2, 0.25) is 0 Å². The summed E-state index contributed by atoms with van der Waals surface area (Å²) in [6.45, 7) is 6.45. The first-order valence-electron chi connectivity index (χ1n) is 11.2. The maximum Gasteiger partial charge on any atom is 0.243 e. The van der Waals surface area contributed by atoms with Crippen molar-refractivity contribution in [2.45, 2.75) is 30.7 Å². The van der Waals surface area contributed by atoms with Gasteiger partial charge in [-0.15, -0.1) is 0 Å². The van der Waals surface area contributed by atoms with Gasteiger partial charge in [0.1, 0.15) is 6.04 Å². The molecule has 0 radical (unpaired) electrons. The van der Waals surface area contributed by atoms with Crippen molar-refractivity contribution in [2.24, 2.45) is 0 Å². The van der Waals surface area contributed by atoms with Crippen LogP contribution in [0, 0.1) is 6.92 Å². The Morgan fingerprint density at radius 2 is 1.31 bits per heavy atom. The Hall–Kier alpha value is -1.56. The van der Waals surface area contributed by atoms with Crippen molar-refractivity contribution in [1.82, 2.24) is 9.21 Å². The molecule has 2 aliphatic heterocycles. The number of hydrogen-bond donors (Lipinski definition) is 0. The van der Waals surface area contributed by atoms with Gasteiger partial charge in [-0.05, 0) is 31.9 Å². The minimum absolute atomic E-state index is 0.206. The molecule has 1 aromatic rings. The second-order valence-electron chi connectivity index (χ2n) is 7.86. The first-order valence-corrected chi connectivity index (χ1v) is 12.6. The summed E-state index contributed by atoms with van der Waals surface area (Å²) in [5.41, 5.74) is 0.982. The maximum absolute atomic E-state index is 13.4. The molecule has 2 saturated heterocycles. The van der Waals surface area contributed by atoms with Gasteiger partial charge in [0.25, 0.3) is 0 Å². The van der Waals surface area contributed by atoms with Crippen LogP contribution < -0.4 is 0 Å². The summed E-state index contributed by atoms with van der Waals surface area (Å²) < 4.78 is 49.8. The molecule has 10 heteroatoms. The summed E-state index contributed by atoms with van der Waals surface area (Å²) in [7, 11) is -3.75. The largest absolute Gasteiger partial charge is 0.377 e. The van der Waals surface area contributed by atoms with Crippen LogP contribution in [0.15, 0.2) is 29.2 Å². The van der Waals surface area contributed by atoms with Crippen molar-refractivity contribution < 1.29 is 32.2 Å². The second kappa shape index (κ2) is 12.6. The molecule has 3 rings (SSSR count). The Morgan fingerprint density at radius 3 is 1.84 bits per heavy atom. The Labute approximate surface area is 190 Å². The molecule has 0 saturated carbocycles. The van der Waals surface area contributed by atoms with Crippen molar-refractivity contribution in [1.29, 1.82) is 0 Å². The fraction of sp³-hybridized carbons (Fsp3) is 0.682. The molecule has 0 N–H and O–H groups in total. The van der Waals surface area contributed by atoms with Crippen LogP contribution in [0.5, 0.6) is 0 Å². The lowest BCUT2D eigenvalue weighted by Crippen LogP contribution is -2.49. The van der Waals surface area contributed by atoms with E-state index < -0.39 is 16.1 Å². The molecule has 2 aliphatic rings. The van der Waals surface area contributed by atoms with Crippen LogP contribution in [-0.2, 0) is 33.8 Å². The van der Waals surface area contributed by atoms with Crippen molar-refractivity contribution in [3.05, 3.63) is 29.8 Å². The zero-order valence-corrected chi connectivity index (χ0v) is 19.6. The topological polar surface area (TPSA) is 94.6 Å². The number of amides is 1. The molecule has 1 amide bonds. The first-order chi connectivity index (χ1) is 15.5. The zero-order valence-electron chi connectivity index (χ0n) is 18.7. The fourth-order valence-electron chi connectivity index (χ4n) is 3.77. The predicted octanol–water partition coefficient (Wildman–Crippen LogP) is 1.06. The number of aryl methyl sites for hydroxylation is 1. The summed E-state index contributed by atoms with van der Waals surface area (Å²) in [5, 5.41) is 0. The normalized spacial score (nSPS) is 23.4. The average molecular weight is 471 g/mol. The van der Waals surface area contributed by atoms with Gasteiger partial charge in [0.2, 0.25) is 15.9 Å². The maximum atomic E-state index is 13.4. The summed E-state index contributed by atoms with van der Waals surface area (Å²) in [6.07, 6.45) is 1.15. The van der Waals surface area contributed by atoms with Gasteiger partial charge in [-0.25, -0.2) is 8.42 Å². The second-order valence-corrected chi connectivity index (χ2v) is 9.75. The van der Waals surface area contributed by atoms with E-state index in [0.29, 0.717) is 85.3 Å². The van der Waals surface area contributed by atoms with E-state index in [1.165, 1.54) is 4.31 Å². The highest BCUT2D eigenvalue weighted by molar-refractivity contribution is 7.89. The van der Waals surface area contributed by atoms with Crippen LogP contribution in [0.4, 0.5) is 0 Å². The van der Waals surface area contributed by atoms with Gasteiger partial charge < -0.3 is 23.8 Å². The van der Waals surface area contributed by atoms with E-state index in [4.69, 9.17) is 18.9 Å². The summed E-state index contributed by atoms with van der Waals surface area (Å²) in [5.74, 6) is -0.206. The molecular formula is C22H34N2O7S. The fourth-order valence-corrected chi connectivity index (χ4v) is 5.43. The minimum atomic E-state index is -3.75. The molecule has 180 valence electrons. The lowest BCUT2D eigenvalue weighted by Gasteiger charge is -2.30. The van der Waals surface area contributed by atoms with Gasteiger partial charge >= 0.3 is 0 Å². The average Bonchev–Trinajstić information content (AvgIpc) is 3.27. The van der Waals surface area contributed by atoms with Gasteiger partial charge in [-0.3, -0.25) is 4.79 Å². The molecule has 0 bridgehead atoms. The smallest absolute Gasteiger partial charge is 0.243 e. The molecular weight excluding hydrogens is 436 g/mol. The number of benzene rings is 1. The van der Waals surface area contributed by atoms with Crippen LogP contribution in [0.3, 0.4) is 0 Å². The highest BCUT2D eigenvalue weighted by Crippen LogP contribution is 2.27. The molecule has 2 fully saturated rings. The molecule has 0 spiro atoms. The predicted molar refractivity (Wildman–Crippen MR) is 118 cm³/mol. The van der Waals surface area contributed by atoms with E-state index in [0.717, 1.165) is 5.56 Å². The third kappa shape index (κ3) is 6.97. The van der Waals surface area contributed by atoms with Gasteiger partial charge in [-0.2, -0.15) is 4.31 Å². The van der Waals surface area contributed by atoms with Crippen molar-refractivity contribution in [3.8, 4) is 0 Å². The quantitative estimate of drug-likeness (QED) is 0.652. The number of rotatable bonds is 3. The molecule has 0 aliphatic carbocycles. The molecule has 0 aromatic heterocycles.